The third-order valence-electron chi connectivity index (χ3n) is 4.06. The highest BCUT2D eigenvalue weighted by Crippen LogP contribution is 2.51. The van der Waals surface area contributed by atoms with Crippen molar-refractivity contribution in [1.29, 1.82) is 0 Å². The van der Waals surface area contributed by atoms with Gasteiger partial charge in [0.25, 0.3) is 5.69 Å². The van der Waals surface area contributed by atoms with Crippen LogP contribution in [0.4, 0.5) is 11.5 Å². The average molecular weight is 272 g/mol. The number of anilines is 1. The third kappa shape index (κ3) is 2.29. The van der Waals surface area contributed by atoms with E-state index in [1.54, 1.807) is 6.07 Å². The summed E-state index contributed by atoms with van der Waals surface area (Å²) in [6.07, 6.45) is 2.68. The molecule has 6 heteroatoms. The molecule has 1 unspecified atom stereocenters. The molecule has 1 fully saturated rings. The molecule has 3 rings (SSSR count). The van der Waals surface area contributed by atoms with Crippen LogP contribution in [0.3, 0.4) is 0 Å². The summed E-state index contributed by atoms with van der Waals surface area (Å²) in [5.41, 5.74) is 1.16. The first-order valence-corrected chi connectivity index (χ1v) is 6.60. The van der Waals surface area contributed by atoms with Crippen molar-refractivity contribution in [3.8, 4) is 0 Å². The summed E-state index contributed by atoms with van der Waals surface area (Å²) in [5, 5.41) is 14.9. The zero-order valence-electron chi connectivity index (χ0n) is 11.5. The van der Waals surface area contributed by atoms with E-state index in [4.69, 9.17) is 0 Å². The number of benzene rings is 1. The van der Waals surface area contributed by atoms with E-state index in [0.717, 1.165) is 6.54 Å². The lowest BCUT2D eigenvalue weighted by Gasteiger charge is -2.09. The van der Waals surface area contributed by atoms with Gasteiger partial charge in [-0.2, -0.15) is 0 Å². The number of nitro benzene ring substituents is 1. The summed E-state index contributed by atoms with van der Waals surface area (Å²) in [4.78, 5) is 18.8. The van der Waals surface area contributed by atoms with Crippen molar-refractivity contribution in [2.24, 2.45) is 11.3 Å². The van der Waals surface area contributed by atoms with Crippen LogP contribution in [0.15, 0.2) is 24.5 Å². The van der Waals surface area contributed by atoms with E-state index in [0.29, 0.717) is 28.1 Å². The predicted octanol–water partition coefficient (Wildman–Crippen LogP) is 3.00. The van der Waals surface area contributed by atoms with Crippen molar-refractivity contribution in [3.05, 3.63) is 34.6 Å². The largest absolute Gasteiger partial charge is 0.369 e. The standard InChI is InChI=1S/C14H16N4O2/c1-14(2)6-9(14)7-15-13-11-5-10(18(19)20)3-4-12(11)16-8-17-13/h3-5,8-9H,6-7H2,1-2H3,(H,15,16,17). The van der Waals surface area contributed by atoms with Crippen molar-refractivity contribution in [3.63, 3.8) is 0 Å². The van der Waals surface area contributed by atoms with Crippen LogP contribution in [0.25, 0.3) is 10.9 Å². The molecule has 1 saturated carbocycles. The van der Waals surface area contributed by atoms with Crippen LogP contribution < -0.4 is 5.32 Å². The van der Waals surface area contributed by atoms with E-state index in [2.05, 4.69) is 29.1 Å². The van der Waals surface area contributed by atoms with Gasteiger partial charge < -0.3 is 5.32 Å². The Labute approximate surface area is 116 Å². The first-order valence-electron chi connectivity index (χ1n) is 6.60. The Balaban J connectivity index is 1.89. The highest BCUT2D eigenvalue weighted by molar-refractivity contribution is 5.90. The minimum absolute atomic E-state index is 0.0575. The van der Waals surface area contributed by atoms with Crippen LogP contribution in [0, 0.1) is 21.4 Å². The van der Waals surface area contributed by atoms with Gasteiger partial charge in [-0.1, -0.05) is 13.8 Å². The first-order chi connectivity index (χ1) is 9.47. The lowest BCUT2D eigenvalue weighted by Crippen LogP contribution is -2.09. The molecule has 6 nitrogen and oxygen atoms in total. The van der Waals surface area contributed by atoms with Crippen molar-refractivity contribution in [2.75, 3.05) is 11.9 Å². The predicted molar refractivity (Wildman–Crippen MR) is 76.6 cm³/mol. The smallest absolute Gasteiger partial charge is 0.270 e. The van der Waals surface area contributed by atoms with Crippen molar-refractivity contribution >= 4 is 22.4 Å². The fourth-order valence-electron chi connectivity index (χ4n) is 2.44. The Hall–Kier alpha value is -2.24. The molecule has 0 saturated heterocycles. The van der Waals surface area contributed by atoms with Crippen LogP contribution in [-0.2, 0) is 0 Å². The lowest BCUT2D eigenvalue weighted by atomic mass is 10.1. The summed E-state index contributed by atoms with van der Waals surface area (Å²) >= 11 is 0. The zero-order chi connectivity index (χ0) is 14.3. The molecule has 2 aromatic rings. The molecule has 1 heterocycles. The highest BCUT2D eigenvalue weighted by atomic mass is 16.6. The van der Waals surface area contributed by atoms with Gasteiger partial charge in [0.2, 0.25) is 0 Å². The normalized spacial score (nSPS) is 19.8. The number of nitrogens with zero attached hydrogens (tertiary/aromatic N) is 3. The van der Waals surface area contributed by atoms with Gasteiger partial charge in [0.15, 0.2) is 0 Å². The molecule has 1 aliphatic carbocycles. The molecule has 0 amide bonds. The van der Waals surface area contributed by atoms with Gasteiger partial charge in [-0.3, -0.25) is 10.1 Å². The average Bonchev–Trinajstić information content (AvgIpc) is 3.03. The Morgan fingerprint density at radius 1 is 1.45 bits per heavy atom. The fraction of sp³-hybridized carbons (Fsp3) is 0.429. The Morgan fingerprint density at radius 3 is 2.85 bits per heavy atom. The van der Waals surface area contributed by atoms with Crippen LogP contribution in [0.1, 0.15) is 20.3 Å². The van der Waals surface area contributed by atoms with E-state index in [-0.39, 0.29) is 5.69 Å². The third-order valence-corrected chi connectivity index (χ3v) is 4.06. The van der Waals surface area contributed by atoms with Gasteiger partial charge in [-0.25, -0.2) is 9.97 Å². The molecule has 0 radical (unpaired) electrons. The molecule has 0 spiro atoms. The summed E-state index contributed by atoms with van der Waals surface area (Å²) in [7, 11) is 0. The van der Waals surface area contributed by atoms with Crippen LogP contribution in [0.5, 0.6) is 0 Å². The van der Waals surface area contributed by atoms with E-state index in [1.807, 2.05) is 0 Å². The van der Waals surface area contributed by atoms with Gasteiger partial charge >= 0.3 is 0 Å². The Bertz CT molecular complexity index is 684. The summed E-state index contributed by atoms with van der Waals surface area (Å²) < 4.78 is 0. The monoisotopic (exact) mass is 272 g/mol. The Kier molecular flexibility index (Phi) is 2.81. The van der Waals surface area contributed by atoms with Crippen LogP contribution >= 0.6 is 0 Å². The molecule has 0 aliphatic heterocycles. The number of aromatic nitrogens is 2. The van der Waals surface area contributed by atoms with Gasteiger partial charge in [0.1, 0.15) is 12.1 Å². The van der Waals surface area contributed by atoms with E-state index < -0.39 is 4.92 Å². The lowest BCUT2D eigenvalue weighted by molar-refractivity contribution is -0.384. The maximum absolute atomic E-state index is 10.9. The van der Waals surface area contributed by atoms with Gasteiger partial charge in [0, 0.05) is 24.1 Å². The summed E-state index contributed by atoms with van der Waals surface area (Å²) in [6.45, 7) is 5.31. The molecule has 1 N–H and O–H groups in total. The van der Waals surface area contributed by atoms with Gasteiger partial charge in [-0.05, 0) is 23.8 Å². The van der Waals surface area contributed by atoms with Gasteiger partial charge in [0.05, 0.1) is 10.4 Å². The molecule has 20 heavy (non-hydrogen) atoms. The Morgan fingerprint density at radius 2 is 2.20 bits per heavy atom. The van der Waals surface area contributed by atoms with Crippen molar-refractivity contribution in [2.45, 2.75) is 20.3 Å². The molecular weight excluding hydrogens is 256 g/mol. The summed E-state index contributed by atoms with van der Waals surface area (Å²) in [5.74, 6) is 1.30. The number of nitro groups is 1. The zero-order valence-corrected chi connectivity index (χ0v) is 11.5. The fourth-order valence-corrected chi connectivity index (χ4v) is 2.44. The van der Waals surface area contributed by atoms with Crippen LogP contribution in [-0.4, -0.2) is 21.4 Å². The maximum atomic E-state index is 10.9. The van der Waals surface area contributed by atoms with Crippen molar-refractivity contribution < 1.29 is 4.92 Å². The maximum Gasteiger partial charge on any atom is 0.270 e. The molecule has 0 bridgehead atoms. The number of fused-ring (bicyclic) bond motifs is 1. The second-order valence-electron chi connectivity index (χ2n) is 5.95. The number of non-ortho nitro benzene ring substituents is 1. The highest BCUT2D eigenvalue weighted by Gasteiger charge is 2.45. The molecule has 1 atom stereocenters. The molecule has 104 valence electrons. The minimum atomic E-state index is -0.403. The molecule has 1 aliphatic rings. The topological polar surface area (TPSA) is 81.0 Å². The SMILES string of the molecule is CC1(C)CC1CNc1ncnc2ccc([N+](=O)[O-])cc12. The quantitative estimate of drug-likeness (QED) is 0.683. The first kappa shape index (κ1) is 12.8. The second kappa shape index (κ2) is 4.40. The van der Waals surface area contributed by atoms with Crippen LogP contribution in [0.2, 0.25) is 0 Å². The minimum Gasteiger partial charge on any atom is -0.369 e. The van der Waals surface area contributed by atoms with E-state index in [1.165, 1.54) is 24.9 Å². The number of rotatable bonds is 4. The number of nitrogens with one attached hydrogen (secondary N) is 1. The van der Waals surface area contributed by atoms with Crippen molar-refractivity contribution in [1.82, 2.24) is 9.97 Å². The van der Waals surface area contributed by atoms with E-state index in [9.17, 15) is 10.1 Å². The molecule has 1 aromatic carbocycles. The second-order valence-corrected chi connectivity index (χ2v) is 5.95. The summed E-state index contributed by atoms with van der Waals surface area (Å²) in [6, 6.07) is 4.64. The van der Waals surface area contributed by atoms with Gasteiger partial charge in [-0.15, -0.1) is 0 Å². The number of hydrogen-bond donors (Lipinski definition) is 1. The number of hydrogen-bond acceptors (Lipinski definition) is 5. The van der Waals surface area contributed by atoms with E-state index >= 15 is 0 Å². The molecule has 1 aromatic heterocycles. The molecular formula is C14H16N4O2.